The van der Waals surface area contributed by atoms with Crippen molar-refractivity contribution in [3.05, 3.63) is 82.1 Å². The Morgan fingerprint density at radius 2 is 1.85 bits per heavy atom. The molecule has 5 nitrogen and oxygen atoms in total. The highest BCUT2D eigenvalue weighted by atomic mass is 35.5. The predicted octanol–water partition coefficient (Wildman–Crippen LogP) is 3.94. The van der Waals surface area contributed by atoms with Gasteiger partial charge in [-0.15, -0.1) is 0 Å². The van der Waals surface area contributed by atoms with Gasteiger partial charge in [-0.2, -0.15) is 0 Å². The van der Waals surface area contributed by atoms with Gasteiger partial charge in [-0.3, -0.25) is 0 Å². The molecule has 0 bridgehead atoms. The van der Waals surface area contributed by atoms with Crippen LogP contribution in [0.4, 0.5) is 4.39 Å². The Balaban J connectivity index is 1.67. The van der Waals surface area contributed by atoms with E-state index in [4.69, 9.17) is 23.2 Å². The number of rotatable bonds is 6. The lowest BCUT2D eigenvalue weighted by molar-refractivity contribution is 0.579. The lowest BCUT2D eigenvalue weighted by Gasteiger charge is -2.09. The molecular formula is C17H14Cl2FN3O2S. The number of halogens is 3. The van der Waals surface area contributed by atoms with Crippen LogP contribution in [0.2, 0.25) is 10.0 Å². The average molecular weight is 414 g/mol. The van der Waals surface area contributed by atoms with Crippen LogP contribution in [0.25, 0.3) is 5.69 Å². The number of benzene rings is 2. The first-order valence-corrected chi connectivity index (χ1v) is 9.93. The minimum Gasteiger partial charge on any atom is -0.303 e. The lowest BCUT2D eigenvalue weighted by Crippen LogP contribution is -2.24. The SMILES string of the molecule is O=S(=O)(Cc1ccc(Cl)c(Cl)c1)NCc1ccc(-n2ccnc2)c(F)c1. The number of sulfonamides is 1. The maximum atomic E-state index is 14.2. The van der Waals surface area contributed by atoms with Gasteiger partial charge < -0.3 is 4.57 Å². The Hall–Kier alpha value is -1.93. The van der Waals surface area contributed by atoms with Gasteiger partial charge in [0.05, 0.1) is 27.8 Å². The Bertz CT molecular complexity index is 1020. The number of nitrogens with zero attached hydrogens (tertiary/aromatic N) is 2. The minimum atomic E-state index is -3.62. The Labute approximate surface area is 160 Å². The molecule has 2 aromatic carbocycles. The van der Waals surface area contributed by atoms with Crippen LogP contribution < -0.4 is 4.72 Å². The molecule has 0 aliphatic carbocycles. The smallest absolute Gasteiger partial charge is 0.216 e. The Morgan fingerprint density at radius 3 is 2.50 bits per heavy atom. The monoisotopic (exact) mass is 413 g/mol. The second-order valence-corrected chi connectivity index (χ2v) is 8.21. The molecule has 3 rings (SSSR count). The zero-order valence-electron chi connectivity index (χ0n) is 13.4. The molecule has 9 heteroatoms. The molecule has 0 atom stereocenters. The third-order valence-corrected chi connectivity index (χ3v) is 5.67. The van der Waals surface area contributed by atoms with Crippen LogP contribution in [0.15, 0.2) is 55.1 Å². The van der Waals surface area contributed by atoms with Gasteiger partial charge in [0.15, 0.2) is 0 Å². The van der Waals surface area contributed by atoms with Crippen molar-refractivity contribution in [3.63, 3.8) is 0 Å². The van der Waals surface area contributed by atoms with Crippen LogP contribution in [0.3, 0.4) is 0 Å². The molecule has 1 N–H and O–H groups in total. The Kier molecular flexibility index (Phi) is 5.62. The third kappa shape index (κ3) is 4.62. The first-order valence-electron chi connectivity index (χ1n) is 7.52. The third-order valence-electron chi connectivity index (χ3n) is 3.63. The second-order valence-electron chi connectivity index (χ2n) is 5.58. The summed E-state index contributed by atoms with van der Waals surface area (Å²) in [6.07, 6.45) is 4.65. The number of hydrogen-bond donors (Lipinski definition) is 1. The van der Waals surface area contributed by atoms with E-state index in [1.165, 1.54) is 23.0 Å². The fourth-order valence-corrected chi connectivity index (χ4v) is 3.79. The van der Waals surface area contributed by atoms with Gasteiger partial charge in [0.25, 0.3) is 0 Å². The molecule has 1 aromatic heterocycles. The van der Waals surface area contributed by atoms with E-state index in [0.29, 0.717) is 21.8 Å². The topological polar surface area (TPSA) is 64.0 Å². The number of aromatic nitrogens is 2. The molecule has 0 saturated heterocycles. The van der Waals surface area contributed by atoms with Crippen LogP contribution in [0.1, 0.15) is 11.1 Å². The summed E-state index contributed by atoms with van der Waals surface area (Å²) in [7, 11) is -3.62. The molecule has 26 heavy (non-hydrogen) atoms. The summed E-state index contributed by atoms with van der Waals surface area (Å²) < 4.78 is 42.6. The molecule has 1 heterocycles. The average Bonchev–Trinajstić information content (AvgIpc) is 3.10. The summed E-state index contributed by atoms with van der Waals surface area (Å²) >= 11 is 11.7. The fraction of sp³-hybridized carbons (Fsp3) is 0.118. The first-order chi connectivity index (χ1) is 12.3. The quantitative estimate of drug-likeness (QED) is 0.665. The standard InChI is InChI=1S/C17H14Cl2FN3O2S/c18-14-3-1-13(7-15(14)19)10-26(24,25)22-9-12-2-4-17(16(20)8-12)23-6-5-21-11-23/h1-8,11,22H,9-10H2. The number of nitrogens with one attached hydrogen (secondary N) is 1. The van der Waals surface area contributed by atoms with Gasteiger partial charge in [-0.1, -0.05) is 35.3 Å². The molecule has 0 saturated carbocycles. The van der Waals surface area contributed by atoms with E-state index < -0.39 is 15.8 Å². The summed E-state index contributed by atoms with van der Waals surface area (Å²) in [5.41, 5.74) is 1.35. The van der Waals surface area contributed by atoms with E-state index in [9.17, 15) is 12.8 Å². The van der Waals surface area contributed by atoms with Crippen molar-refractivity contribution in [1.29, 1.82) is 0 Å². The summed E-state index contributed by atoms with van der Waals surface area (Å²) in [5.74, 6) is -0.719. The molecule has 0 spiro atoms. The van der Waals surface area contributed by atoms with Crippen LogP contribution in [0, 0.1) is 5.82 Å². The molecule has 3 aromatic rings. The van der Waals surface area contributed by atoms with Crippen molar-refractivity contribution in [2.75, 3.05) is 0 Å². The van der Waals surface area contributed by atoms with Crippen molar-refractivity contribution in [3.8, 4) is 5.69 Å². The highest BCUT2D eigenvalue weighted by Gasteiger charge is 2.13. The van der Waals surface area contributed by atoms with E-state index in [-0.39, 0.29) is 17.3 Å². The molecule has 0 fully saturated rings. The fourth-order valence-electron chi connectivity index (χ4n) is 2.36. The van der Waals surface area contributed by atoms with Crippen molar-refractivity contribution in [2.45, 2.75) is 12.3 Å². The van der Waals surface area contributed by atoms with E-state index in [1.54, 1.807) is 36.7 Å². The molecule has 0 aliphatic rings. The molecule has 0 amide bonds. The van der Waals surface area contributed by atoms with Gasteiger partial charge >= 0.3 is 0 Å². The first kappa shape index (κ1) is 18.8. The van der Waals surface area contributed by atoms with Crippen LogP contribution >= 0.6 is 23.2 Å². The second kappa shape index (κ2) is 7.75. The van der Waals surface area contributed by atoms with E-state index in [2.05, 4.69) is 9.71 Å². The summed E-state index contributed by atoms with van der Waals surface area (Å²) in [5, 5.41) is 0.644. The molecular weight excluding hydrogens is 400 g/mol. The highest BCUT2D eigenvalue weighted by Crippen LogP contribution is 2.23. The van der Waals surface area contributed by atoms with E-state index >= 15 is 0 Å². The largest absolute Gasteiger partial charge is 0.303 e. The summed E-state index contributed by atoms with van der Waals surface area (Å²) in [4.78, 5) is 3.87. The summed E-state index contributed by atoms with van der Waals surface area (Å²) in [6, 6.07) is 9.14. The highest BCUT2D eigenvalue weighted by molar-refractivity contribution is 7.88. The molecule has 0 aliphatic heterocycles. The van der Waals surface area contributed by atoms with Crippen molar-refractivity contribution in [2.24, 2.45) is 0 Å². The zero-order chi connectivity index (χ0) is 18.7. The van der Waals surface area contributed by atoms with Gasteiger partial charge in [-0.05, 0) is 35.4 Å². The van der Waals surface area contributed by atoms with Gasteiger partial charge in [0, 0.05) is 18.9 Å². The van der Waals surface area contributed by atoms with Crippen LogP contribution in [-0.4, -0.2) is 18.0 Å². The molecule has 136 valence electrons. The van der Waals surface area contributed by atoms with Crippen LogP contribution in [0.5, 0.6) is 0 Å². The zero-order valence-corrected chi connectivity index (χ0v) is 15.7. The van der Waals surface area contributed by atoms with Crippen LogP contribution in [-0.2, 0) is 22.3 Å². The van der Waals surface area contributed by atoms with Crippen molar-refractivity contribution >= 4 is 33.2 Å². The summed E-state index contributed by atoms with van der Waals surface area (Å²) in [6.45, 7) is -0.0230. The molecule has 0 radical (unpaired) electrons. The van der Waals surface area contributed by atoms with Crippen molar-refractivity contribution in [1.82, 2.24) is 14.3 Å². The molecule has 0 unspecified atom stereocenters. The van der Waals surface area contributed by atoms with E-state index in [0.717, 1.165) is 0 Å². The Morgan fingerprint density at radius 1 is 1.08 bits per heavy atom. The van der Waals surface area contributed by atoms with Crippen molar-refractivity contribution < 1.29 is 12.8 Å². The number of hydrogen-bond acceptors (Lipinski definition) is 3. The van der Waals surface area contributed by atoms with E-state index in [1.807, 2.05) is 0 Å². The van der Waals surface area contributed by atoms with Gasteiger partial charge in [-0.25, -0.2) is 22.5 Å². The maximum absolute atomic E-state index is 14.2. The maximum Gasteiger partial charge on any atom is 0.216 e. The van der Waals surface area contributed by atoms with Gasteiger partial charge in [0.2, 0.25) is 10.0 Å². The normalized spacial score (nSPS) is 11.7. The minimum absolute atomic E-state index is 0.0230. The van der Waals surface area contributed by atoms with Gasteiger partial charge in [0.1, 0.15) is 5.82 Å². The predicted molar refractivity (Wildman–Crippen MR) is 99.4 cm³/mol. The lowest BCUT2D eigenvalue weighted by atomic mass is 10.2. The number of imidazole rings is 1.